The van der Waals surface area contributed by atoms with Crippen molar-refractivity contribution >= 4 is 38.3 Å². The van der Waals surface area contributed by atoms with E-state index in [1.54, 1.807) is 38.5 Å². The van der Waals surface area contributed by atoms with E-state index >= 15 is 0 Å². The van der Waals surface area contributed by atoms with Crippen molar-refractivity contribution in [2.24, 2.45) is 5.92 Å². The molecule has 0 bridgehead atoms. The van der Waals surface area contributed by atoms with Gasteiger partial charge in [0.05, 0.1) is 36.0 Å². The molecular formula is C21H22FN3O3S. The number of carbonyl (C=O) groups excluding carboxylic acids is 1. The van der Waals surface area contributed by atoms with Crippen LogP contribution in [-0.2, 0) is 4.79 Å². The number of hydrogen-bond acceptors (Lipinski definition) is 6. The van der Waals surface area contributed by atoms with Gasteiger partial charge >= 0.3 is 0 Å². The Hall–Kier alpha value is -2.87. The molecule has 1 amide bonds. The van der Waals surface area contributed by atoms with Gasteiger partial charge in [0.15, 0.2) is 5.13 Å². The minimum atomic E-state index is -0.268. The van der Waals surface area contributed by atoms with Crippen molar-refractivity contribution in [1.29, 1.82) is 0 Å². The average molecular weight is 415 g/mol. The Kier molecular flexibility index (Phi) is 5.53. The Morgan fingerprint density at radius 1 is 1.24 bits per heavy atom. The molecule has 1 saturated heterocycles. The van der Waals surface area contributed by atoms with Crippen LogP contribution in [0.25, 0.3) is 10.2 Å². The van der Waals surface area contributed by atoms with Gasteiger partial charge in [0.1, 0.15) is 17.3 Å². The van der Waals surface area contributed by atoms with Gasteiger partial charge in [0, 0.05) is 19.2 Å². The summed E-state index contributed by atoms with van der Waals surface area (Å²) in [6.07, 6.45) is 1.69. The molecule has 0 radical (unpaired) electrons. The number of methoxy groups -OCH3 is 2. The number of nitrogens with one attached hydrogen (secondary N) is 1. The van der Waals surface area contributed by atoms with E-state index in [4.69, 9.17) is 9.47 Å². The molecular weight excluding hydrogens is 393 g/mol. The summed E-state index contributed by atoms with van der Waals surface area (Å²) in [6, 6.07) is 9.90. The molecule has 1 aliphatic heterocycles. The average Bonchev–Trinajstić information content (AvgIpc) is 3.17. The minimum absolute atomic E-state index is 0.0617. The van der Waals surface area contributed by atoms with E-state index in [2.05, 4.69) is 15.2 Å². The summed E-state index contributed by atoms with van der Waals surface area (Å²) in [6.45, 7) is 1.40. The van der Waals surface area contributed by atoms with Crippen molar-refractivity contribution in [3.05, 3.63) is 42.2 Å². The highest BCUT2D eigenvalue weighted by Gasteiger charge is 2.28. The molecule has 0 saturated carbocycles. The second kappa shape index (κ2) is 8.24. The number of thiazole rings is 1. The van der Waals surface area contributed by atoms with Gasteiger partial charge in [-0.15, -0.1) is 0 Å². The molecule has 29 heavy (non-hydrogen) atoms. The van der Waals surface area contributed by atoms with Crippen LogP contribution in [0.1, 0.15) is 12.8 Å². The lowest BCUT2D eigenvalue weighted by molar-refractivity contribution is -0.120. The maximum atomic E-state index is 13.5. The molecule has 0 spiro atoms. The summed E-state index contributed by atoms with van der Waals surface area (Å²) in [5.74, 6) is 0.723. The summed E-state index contributed by atoms with van der Waals surface area (Å²) in [5, 5.41) is 3.80. The molecule has 2 aromatic carbocycles. The monoisotopic (exact) mass is 415 g/mol. The Balaban J connectivity index is 1.50. The maximum Gasteiger partial charge on any atom is 0.229 e. The Morgan fingerprint density at radius 2 is 2.10 bits per heavy atom. The molecule has 152 valence electrons. The van der Waals surface area contributed by atoms with Crippen molar-refractivity contribution < 1.29 is 18.7 Å². The fourth-order valence-corrected chi connectivity index (χ4v) is 4.56. The first-order valence-electron chi connectivity index (χ1n) is 9.41. The number of halogens is 1. The fraction of sp³-hybridized carbons (Fsp3) is 0.333. The van der Waals surface area contributed by atoms with Gasteiger partial charge in [-0.2, -0.15) is 0 Å². The SMILES string of the molecule is COc1ccc(OC)c(NC(=O)C2CCCN(c3nc4ccc(F)cc4s3)C2)c1. The van der Waals surface area contributed by atoms with Crippen molar-refractivity contribution in [2.75, 3.05) is 37.5 Å². The van der Waals surface area contributed by atoms with E-state index in [0.717, 1.165) is 34.7 Å². The minimum Gasteiger partial charge on any atom is -0.497 e. The van der Waals surface area contributed by atoms with Crippen molar-refractivity contribution in [3.63, 3.8) is 0 Å². The van der Waals surface area contributed by atoms with Crippen LogP contribution in [0.4, 0.5) is 15.2 Å². The van der Waals surface area contributed by atoms with Gasteiger partial charge in [0.2, 0.25) is 5.91 Å². The number of aromatic nitrogens is 1. The number of anilines is 2. The topological polar surface area (TPSA) is 63.7 Å². The molecule has 8 heteroatoms. The third kappa shape index (κ3) is 4.12. The van der Waals surface area contributed by atoms with Crippen LogP contribution < -0.4 is 19.7 Å². The largest absolute Gasteiger partial charge is 0.497 e. The highest BCUT2D eigenvalue weighted by Crippen LogP contribution is 2.33. The summed E-state index contributed by atoms with van der Waals surface area (Å²) < 4.78 is 24.9. The van der Waals surface area contributed by atoms with Crippen LogP contribution in [0, 0.1) is 11.7 Å². The molecule has 1 fully saturated rings. The predicted octanol–water partition coefficient (Wildman–Crippen LogP) is 4.31. The van der Waals surface area contributed by atoms with Crippen molar-refractivity contribution in [1.82, 2.24) is 4.98 Å². The normalized spacial score (nSPS) is 16.7. The summed E-state index contributed by atoms with van der Waals surface area (Å²) >= 11 is 1.45. The first-order chi connectivity index (χ1) is 14.1. The number of benzene rings is 2. The number of piperidine rings is 1. The maximum absolute atomic E-state index is 13.5. The number of fused-ring (bicyclic) bond motifs is 1. The number of ether oxygens (including phenoxy) is 2. The van der Waals surface area contributed by atoms with Crippen LogP contribution in [0.5, 0.6) is 11.5 Å². The van der Waals surface area contributed by atoms with Crippen LogP contribution in [0.2, 0.25) is 0 Å². The molecule has 1 atom stereocenters. The highest BCUT2D eigenvalue weighted by molar-refractivity contribution is 7.22. The standard InChI is InChI=1S/C21H22FN3O3S/c1-27-15-6-8-18(28-2)17(11-15)23-20(26)13-4-3-9-25(12-13)21-24-16-7-5-14(22)10-19(16)29-21/h5-8,10-11,13H,3-4,9,12H2,1-2H3,(H,23,26). The van der Waals surface area contributed by atoms with E-state index < -0.39 is 0 Å². The van der Waals surface area contributed by atoms with Crippen molar-refractivity contribution in [3.8, 4) is 11.5 Å². The molecule has 6 nitrogen and oxygen atoms in total. The Bertz CT molecular complexity index is 1040. The summed E-state index contributed by atoms with van der Waals surface area (Å²) in [7, 11) is 3.14. The van der Waals surface area contributed by atoms with Crippen LogP contribution in [-0.4, -0.2) is 38.2 Å². The molecule has 1 aliphatic rings. The van der Waals surface area contributed by atoms with Gasteiger partial charge in [0.25, 0.3) is 0 Å². The second-order valence-electron chi connectivity index (χ2n) is 6.95. The van der Waals surface area contributed by atoms with Gasteiger partial charge in [-0.3, -0.25) is 4.79 Å². The quantitative estimate of drug-likeness (QED) is 0.673. The zero-order valence-corrected chi connectivity index (χ0v) is 17.1. The zero-order chi connectivity index (χ0) is 20.4. The van der Waals surface area contributed by atoms with Crippen molar-refractivity contribution in [2.45, 2.75) is 12.8 Å². The first-order valence-corrected chi connectivity index (χ1v) is 10.2. The number of carbonyl (C=O) groups is 1. The van der Waals surface area contributed by atoms with Gasteiger partial charge in [-0.1, -0.05) is 11.3 Å². The van der Waals surface area contributed by atoms with Gasteiger partial charge < -0.3 is 19.7 Å². The second-order valence-corrected chi connectivity index (χ2v) is 7.96. The summed E-state index contributed by atoms with van der Waals surface area (Å²) in [5.41, 5.74) is 1.36. The zero-order valence-electron chi connectivity index (χ0n) is 16.3. The lowest BCUT2D eigenvalue weighted by Gasteiger charge is -2.31. The highest BCUT2D eigenvalue weighted by atomic mass is 32.1. The van der Waals surface area contributed by atoms with E-state index in [1.165, 1.54) is 23.5 Å². The predicted molar refractivity (Wildman–Crippen MR) is 113 cm³/mol. The smallest absolute Gasteiger partial charge is 0.229 e. The molecule has 1 unspecified atom stereocenters. The summed E-state index contributed by atoms with van der Waals surface area (Å²) in [4.78, 5) is 19.7. The molecule has 2 heterocycles. The van der Waals surface area contributed by atoms with Crippen LogP contribution >= 0.6 is 11.3 Å². The van der Waals surface area contributed by atoms with E-state index in [-0.39, 0.29) is 17.6 Å². The van der Waals surface area contributed by atoms with Crippen LogP contribution in [0.3, 0.4) is 0 Å². The number of hydrogen-bond donors (Lipinski definition) is 1. The third-order valence-corrected chi connectivity index (χ3v) is 6.15. The number of nitrogens with zero attached hydrogens (tertiary/aromatic N) is 2. The van der Waals surface area contributed by atoms with Gasteiger partial charge in [-0.25, -0.2) is 9.37 Å². The first kappa shape index (κ1) is 19.4. The Labute approximate surface area is 172 Å². The third-order valence-electron chi connectivity index (χ3n) is 5.07. The molecule has 4 rings (SSSR count). The molecule has 3 aromatic rings. The lowest BCUT2D eigenvalue weighted by Crippen LogP contribution is -2.40. The molecule has 1 aromatic heterocycles. The lowest BCUT2D eigenvalue weighted by atomic mass is 9.97. The van der Waals surface area contributed by atoms with E-state index in [9.17, 15) is 9.18 Å². The van der Waals surface area contributed by atoms with E-state index in [0.29, 0.717) is 23.7 Å². The Morgan fingerprint density at radius 3 is 2.90 bits per heavy atom. The molecule has 1 N–H and O–H groups in total. The number of rotatable bonds is 5. The number of amides is 1. The van der Waals surface area contributed by atoms with Crippen LogP contribution in [0.15, 0.2) is 36.4 Å². The molecule has 0 aliphatic carbocycles. The fourth-order valence-electron chi connectivity index (χ4n) is 3.53. The van der Waals surface area contributed by atoms with E-state index in [1.807, 2.05) is 0 Å². The van der Waals surface area contributed by atoms with Gasteiger partial charge in [-0.05, 0) is 43.2 Å².